The zero-order chi connectivity index (χ0) is 13.9. The SMILES string of the molecule is O=C1c2c(Br)cccc2OCCN1Cc1ccccc1. The van der Waals surface area contributed by atoms with Crippen molar-refractivity contribution < 1.29 is 9.53 Å². The first kappa shape index (κ1) is 13.2. The second-order valence-corrected chi connectivity index (χ2v) is 5.53. The molecule has 0 aromatic heterocycles. The maximum Gasteiger partial charge on any atom is 0.259 e. The van der Waals surface area contributed by atoms with E-state index < -0.39 is 0 Å². The number of rotatable bonds is 2. The van der Waals surface area contributed by atoms with Crippen molar-refractivity contribution in [2.24, 2.45) is 0 Å². The van der Waals surface area contributed by atoms with Gasteiger partial charge in [-0.25, -0.2) is 0 Å². The number of amides is 1. The molecule has 0 spiro atoms. The lowest BCUT2D eigenvalue weighted by atomic mass is 10.1. The molecule has 1 aliphatic rings. The molecule has 1 amide bonds. The standard InChI is InChI=1S/C16H14BrNO2/c17-13-7-4-8-14-15(13)16(19)18(9-10-20-14)11-12-5-2-1-3-6-12/h1-8H,9-11H2. The van der Waals surface area contributed by atoms with Crippen molar-refractivity contribution in [3.8, 4) is 5.75 Å². The largest absolute Gasteiger partial charge is 0.491 e. The summed E-state index contributed by atoms with van der Waals surface area (Å²) in [5.74, 6) is 0.661. The molecule has 0 radical (unpaired) electrons. The number of fused-ring (bicyclic) bond motifs is 1. The minimum atomic E-state index is 0.00817. The van der Waals surface area contributed by atoms with Crippen molar-refractivity contribution >= 4 is 21.8 Å². The number of carbonyl (C=O) groups is 1. The van der Waals surface area contributed by atoms with Crippen LogP contribution in [0.1, 0.15) is 15.9 Å². The molecule has 20 heavy (non-hydrogen) atoms. The van der Waals surface area contributed by atoms with Gasteiger partial charge in [0, 0.05) is 11.0 Å². The Morgan fingerprint density at radius 3 is 2.70 bits per heavy atom. The lowest BCUT2D eigenvalue weighted by molar-refractivity contribution is 0.0742. The predicted octanol–water partition coefficient (Wildman–Crippen LogP) is 3.48. The Balaban J connectivity index is 1.91. The summed E-state index contributed by atoms with van der Waals surface area (Å²) in [4.78, 5) is 14.5. The number of hydrogen-bond acceptors (Lipinski definition) is 2. The van der Waals surface area contributed by atoms with Crippen LogP contribution in [-0.4, -0.2) is 24.0 Å². The van der Waals surface area contributed by atoms with Crippen molar-refractivity contribution in [1.29, 1.82) is 0 Å². The minimum absolute atomic E-state index is 0.00817. The van der Waals surface area contributed by atoms with E-state index in [0.29, 0.717) is 31.0 Å². The van der Waals surface area contributed by atoms with Crippen LogP contribution in [0.15, 0.2) is 53.0 Å². The molecule has 0 saturated heterocycles. The Kier molecular flexibility index (Phi) is 3.74. The van der Waals surface area contributed by atoms with E-state index in [9.17, 15) is 4.79 Å². The van der Waals surface area contributed by atoms with E-state index in [2.05, 4.69) is 15.9 Å². The molecule has 3 nitrogen and oxygen atoms in total. The molecule has 1 heterocycles. The maximum atomic E-state index is 12.7. The lowest BCUT2D eigenvalue weighted by Crippen LogP contribution is -2.32. The van der Waals surface area contributed by atoms with Gasteiger partial charge in [-0.2, -0.15) is 0 Å². The molecule has 3 rings (SSSR count). The highest BCUT2D eigenvalue weighted by molar-refractivity contribution is 9.10. The van der Waals surface area contributed by atoms with E-state index >= 15 is 0 Å². The quantitative estimate of drug-likeness (QED) is 0.843. The first-order valence-corrected chi connectivity index (χ1v) is 7.29. The average Bonchev–Trinajstić information content (AvgIpc) is 2.61. The number of ether oxygens (including phenoxy) is 1. The summed E-state index contributed by atoms with van der Waals surface area (Å²) in [6, 6.07) is 15.6. The highest BCUT2D eigenvalue weighted by atomic mass is 79.9. The third-order valence-corrected chi connectivity index (χ3v) is 3.97. The number of halogens is 1. The highest BCUT2D eigenvalue weighted by Crippen LogP contribution is 2.30. The van der Waals surface area contributed by atoms with E-state index in [4.69, 9.17) is 4.74 Å². The van der Waals surface area contributed by atoms with E-state index in [1.54, 1.807) is 0 Å². The second-order valence-electron chi connectivity index (χ2n) is 4.67. The predicted molar refractivity (Wildman–Crippen MR) is 80.8 cm³/mol. The van der Waals surface area contributed by atoms with Crippen LogP contribution < -0.4 is 4.74 Å². The van der Waals surface area contributed by atoms with Crippen molar-refractivity contribution in [3.05, 3.63) is 64.1 Å². The zero-order valence-corrected chi connectivity index (χ0v) is 12.5. The monoisotopic (exact) mass is 331 g/mol. The van der Waals surface area contributed by atoms with Crippen LogP contribution in [0.4, 0.5) is 0 Å². The number of hydrogen-bond donors (Lipinski definition) is 0. The molecule has 0 N–H and O–H groups in total. The normalized spacial score (nSPS) is 14.4. The summed E-state index contributed by atoms with van der Waals surface area (Å²) in [6.45, 7) is 1.71. The summed E-state index contributed by atoms with van der Waals surface area (Å²) < 4.78 is 6.45. The molecule has 0 atom stereocenters. The highest BCUT2D eigenvalue weighted by Gasteiger charge is 2.25. The molecule has 0 aliphatic carbocycles. The number of benzene rings is 2. The Morgan fingerprint density at radius 1 is 1.10 bits per heavy atom. The Labute approximate surface area is 126 Å². The van der Waals surface area contributed by atoms with Gasteiger partial charge >= 0.3 is 0 Å². The molecular weight excluding hydrogens is 318 g/mol. The first-order valence-electron chi connectivity index (χ1n) is 6.50. The molecule has 4 heteroatoms. The van der Waals surface area contributed by atoms with E-state index in [1.807, 2.05) is 53.4 Å². The van der Waals surface area contributed by atoms with Gasteiger partial charge in [-0.05, 0) is 33.6 Å². The molecule has 0 unspecified atom stereocenters. The fraction of sp³-hybridized carbons (Fsp3) is 0.188. The van der Waals surface area contributed by atoms with Gasteiger partial charge in [0.1, 0.15) is 12.4 Å². The molecule has 1 aliphatic heterocycles. The molecule has 102 valence electrons. The number of carbonyl (C=O) groups excluding carboxylic acids is 1. The molecule has 0 saturated carbocycles. The van der Waals surface area contributed by atoms with Crippen LogP contribution in [0, 0.1) is 0 Å². The summed E-state index contributed by atoms with van der Waals surface area (Å²) in [6.07, 6.45) is 0. The summed E-state index contributed by atoms with van der Waals surface area (Å²) >= 11 is 3.44. The van der Waals surface area contributed by atoms with Gasteiger partial charge in [0.15, 0.2) is 0 Å². The average molecular weight is 332 g/mol. The van der Waals surface area contributed by atoms with Gasteiger partial charge in [-0.3, -0.25) is 4.79 Å². The van der Waals surface area contributed by atoms with Crippen LogP contribution in [0.25, 0.3) is 0 Å². The lowest BCUT2D eigenvalue weighted by Gasteiger charge is -2.20. The van der Waals surface area contributed by atoms with Crippen molar-refractivity contribution in [2.75, 3.05) is 13.2 Å². The van der Waals surface area contributed by atoms with Crippen LogP contribution in [-0.2, 0) is 6.54 Å². The van der Waals surface area contributed by atoms with Gasteiger partial charge in [-0.1, -0.05) is 36.4 Å². The summed E-state index contributed by atoms with van der Waals surface area (Å²) in [5, 5.41) is 0. The van der Waals surface area contributed by atoms with Crippen molar-refractivity contribution in [1.82, 2.24) is 4.90 Å². The first-order chi connectivity index (χ1) is 9.75. The van der Waals surface area contributed by atoms with Crippen molar-refractivity contribution in [2.45, 2.75) is 6.54 Å². The third-order valence-electron chi connectivity index (χ3n) is 3.31. The third kappa shape index (κ3) is 2.56. The zero-order valence-electron chi connectivity index (χ0n) is 10.9. The van der Waals surface area contributed by atoms with Gasteiger partial charge < -0.3 is 9.64 Å². The van der Waals surface area contributed by atoms with Gasteiger partial charge in [-0.15, -0.1) is 0 Å². The van der Waals surface area contributed by atoms with E-state index in [0.717, 1.165) is 10.0 Å². The van der Waals surface area contributed by atoms with Crippen molar-refractivity contribution in [3.63, 3.8) is 0 Å². The molecule has 0 bridgehead atoms. The maximum absolute atomic E-state index is 12.7. The van der Waals surface area contributed by atoms with Crippen LogP contribution in [0.2, 0.25) is 0 Å². The van der Waals surface area contributed by atoms with Gasteiger partial charge in [0.05, 0.1) is 12.1 Å². The number of nitrogens with zero attached hydrogens (tertiary/aromatic N) is 1. The van der Waals surface area contributed by atoms with Crippen LogP contribution >= 0.6 is 15.9 Å². The van der Waals surface area contributed by atoms with Crippen LogP contribution in [0.3, 0.4) is 0 Å². The second kappa shape index (κ2) is 5.67. The smallest absolute Gasteiger partial charge is 0.259 e. The fourth-order valence-corrected chi connectivity index (χ4v) is 2.83. The van der Waals surface area contributed by atoms with Gasteiger partial charge in [0.2, 0.25) is 0 Å². The van der Waals surface area contributed by atoms with E-state index in [-0.39, 0.29) is 5.91 Å². The topological polar surface area (TPSA) is 29.5 Å². The molecule has 2 aromatic rings. The summed E-state index contributed by atoms with van der Waals surface area (Å²) in [7, 11) is 0. The van der Waals surface area contributed by atoms with Crippen LogP contribution in [0.5, 0.6) is 5.75 Å². The molecular formula is C16H14BrNO2. The van der Waals surface area contributed by atoms with Gasteiger partial charge in [0.25, 0.3) is 5.91 Å². The van der Waals surface area contributed by atoms with E-state index in [1.165, 1.54) is 0 Å². The Morgan fingerprint density at radius 2 is 1.90 bits per heavy atom. The summed E-state index contributed by atoms with van der Waals surface area (Å²) in [5.41, 5.74) is 1.73. The fourth-order valence-electron chi connectivity index (χ4n) is 2.31. The molecule has 2 aromatic carbocycles. The molecule has 0 fully saturated rings. The Bertz CT molecular complexity index is 628. The Hall–Kier alpha value is -1.81. The minimum Gasteiger partial charge on any atom is -0.491 e.